The largest absolute Gasteiger partial charge is 0.464 e. The zero-order valence-electron chi connectivity index (χ0n) is 21.1. The summed E-state index contributed by atoms with van der Waals surface area (Å²) in [7, 11) is 1.84. The van der Waals surface area contributed by atoms with Crippen molar-refractivity contribution in [3.8, 4) is 6.07 Å². The Kier molecular flexibility index (Phi) is 8.06. The van der Waals surface area contributed by atoms with Crippen molar-refractivity contribution in [2.24, 2.45) is 10.2 Å². The number of benzene rings is 3. The van der Waals surface area contributed by atoms with Crippen molar-refractivity contribution in [1.29, 1.82) is 5.26 Å². The molecule has 0 spiro atoms. The highest BCUT2D eigenvalue weighted by Gasteiger charge is 2.30. The third-order valence-corrected chi connectivity index (χ3v) is 6.14. The molecule has 0 aliphatic carbocycles. The Morgan fingerprint density at radius 2 is 1.85 bits per heavy atom. The van der Waals surface area contributed by atoms with Gasteiger partial charge in [0.1, 0.15) is 18.4 Å². The van der Waals surface area contributed by atoms with E-state index in [4.69, 9.17) is 4.74 Å². The summed E-state index contributed by atoms with van der Waals surface area (Å²) in [5.74, 6) is -0.522. The molecule has 0 aromatic heterocycles. The van der Waals surface area contributed by atoms with Crippen LogP contribution in [0.25, 0.3) is 5.70 Å². The van der Waals surface area contributed by atoms with Crippen LogP contribution in [0.15, 0.2) is 83.5 Å². The van der Waals surface area contributed by atoms with Gasteiger partial charge in [0.15, 0.2) is 0 Å². The first-order valence-electron chi connectivity index (χ1n) is 12.0. The average Bonchev–Trinajstić information content (AvgIpc) is 3.19. The van der Waals surface area contributed by atoms with Gasteiger partial charge in [-0.15, -0.1) is 5.11 Å². The van der Waals surface area contributed by atoms with E-state index in [0.717, 1.165) is 17.3 Å². The molecule has 0 saturated carbocycles. The van der Waals surface area contributed by atoms with E-state index in [9.17, 15) is 25.0 Å². The number of azo groups is 1. The number of fused-ring (bicyclic) bond motifs is 1. The number of amides is 1. The predicted molar refractivity (Wildman–Crippen MR) is 144 cm³/mol. The third-order valence-electron chi connectivity index (χ3n) is 6.14. The molecular weight excluding hydrogens is 500 g/mol. The van der Waals surface area contributed by atoms with Gasteiger partial charge in [-0.25, -0.2) is 0 Å². The molecule has 11 nitrogen and oxygen atoms in total. The second kappa shape index (κ2) is 11.8. The maximum Gasteiger partial charge on any atom is 0.307 e. The predicted octanol–water partition coefficient (Wildman–Crippen LogP) is 5.38. The molecule has 1 amide bonds. The fourth-order valence-corrected chi connectivity index (χ4v) is 3.98. The lowest BCUT2D eigenvalue weighted by molar-refractivity contribution is -0.384. The molecule has 0 N–H and O–H groups in total. The Hall–Kier alpha value is -5.37. The van der Waals surface area contributed by atoms with Gasteiger partial charge < -0.3 is 14.5 Å². The Bertz CT molecular complexity index is 1470. The summed E-state index contributed by atoms with van der Waals surface area (Å²) in [5, 5.41) is 28.2. The second-order valence-corrected chi connectivity index (χ2v) is 8.63. The normalized spacial score (nSPS) is 12.4. The lowest BCUT2D eigenvalue weighted by Crippen LogP contribution is -2.28. The van der Waals surface area contributed by atoms with Crippen LogP contribution in [0.2, 0.25) is 0 Å². The molecule has 3 aromatic carbocycles. The number of carbonyl (C=O) groups excluding carboxylic acids is 2. The summed E-state index contributed by atoms with van der Waals surface area (Å²) < 4.78 is 5.33. The lowest BCUT2D eigenvalue weighted by Gasteiger charge is -2.20. The van der Waals surface area contributed by atoms with Crippen LogP contribution in [-0.2, 0) is 9.53 Å². The van der Waals surface area contributed by atoms with E-state index in [1.54, 1.807) is 24.3 Å². The van der Waals surface area contributed by atoms with E-state index in [1.165, 1.54) is 17.0 Å². The van der Waals surface area contributed by atoms with Crippen LogP contribution in [0.3, 0.4) is 0 Å². The maximum atomic E-state index is 12.5. The summed E-state index contributed by atoms with van der Waals surface area (Å²) in [5.41, 5.74) is 3.44. The molecule has 0 fully saturated rings. The number of non-ortho nitro benzene ring substituents is 1. The summed E-state index contributed by atoms with van der Waals surface area (Å²) in [6.07, 6.45) is 0.157. The van der Waals surface area contributed by atoms with Gasteiger partial charge >= 0.3 is 5.97 Å². The number of hydrogen-bond acceptors (Lipinski definition) is 9. The van der Waals surface area contributed by atoms with E-state index in [0.29, 0.717) is 23.5 Å². The quantitative estimate of drug-likeness (QED) is 0.150. The minimum atomic E-state index is -0.579. The average molecular weight is 525 g/mol. The zero-order valence-corrected chi connectivity index (χ0v) is 21.1. The topological polar surface area (TPSA) is 142 Å². The minimum absolute atomic E-state index is 0.0539. The number of nitro benzene ring substituents is 1. The number of nitrogens with zero attached hydrogens (tertiary/aromatic N) is 6. The third kappa shape index (κ3) is 6.14. The molecule has 1 aliphatic heterocycles. The molecule has 4 rings (SSSR count). The van der Waals surface area contributed by atoms with Gasteiger partial charge in [0.05, 0.1) is 29.1 Å². The van der Waals surface area contributed by atoms with Crippen molar-refractivity contribution < 1.29 is 19.2 Å². The van der Waals surface area contributed by atoms with Crippen molar-refractivity contribution in [3.05, 3.63) is 100 Å². The number of rotatable bonds is 10. The molecule has 39 heavy (non-hydrogen) atoms. The van der Waals surface area contributed by atoms with Gasteiger partial charge in [-0.2, -0.15) is 10.4 Å². The summed E-state index contributed by atoms with van der Waals surface area (Å²) in [6.45, 7) is 4.70. The van der Waals surface area contributed by atoms with Gasteiger partial charge in [-0.1, -0.05) is 24.8 Å². The molecule has 0 radical (unpaired) electrons. The van der Waals surface area contributed by atoms with Gasteiger partial charge in [0.2, 0.25) is 0 Å². The van der Waals surface area contributed by atoms with E-state index in [-0.39, 0.29) is 48.4 Å². The SMILES string of the molecule is C=C1c2ccccc2C(=O)N1CCOC(=O)CCN(C)c1ccc(N=Nc2ccc([N+](=O)[O-])cc2C#N)cc1. The number of nitriles is 1. The first kappa shape index (κ1) is 26.7. The molecule has 0 atom stereocenters. The number of nitro groups is 1. The highest BCUT2D eigenvalue weighted by Crippen LogP contribution is 2.31. The Morgan fingerprint density at radius 1 is 1.13 bits per heavy atom. The number of hydrogen-bond donors (Lipinski definition) is 0. The van der Waals surface area contributed by atoms with Crippen LogP contribution >= 0.6 is 0 Å². The van der Waals surface area contributed by atoms with Crippen molar-refractivity contribution in [3.63, 3.8) is 0 Å². The first-order chi connectivity index (χ1) is 18.8. The molecular formula is C28H24N6O5. The molecule has 1 aliphatic rings. The van der Waals surface area contributed by atoms with Crippen molar-refractivity contribution in [2.75, 3.05) is 31.6 Å². The number of anilines is 1. The highest BCUT2D eigenvalue weighted by atomic mass is 16.6. The zero-order chi connectivity index (χ0) is 27.9. The van der Waals surface area contributed by atoms with Gasteiger partial charge in [-0.3, -0.25) is 19.7 Å². The number of ether oxygens (including phenoxy) is 1. The van der Waals surface area contributed by atoms with Crippen LogP contribution in [0.5, 0.6) is 0 Å². The molecule has 196 valence electrons. The Morgan fingerprint density at radius 3 is 2.51 bits per heavy atom. The fourth-order valence-electron chi connectivity index (χ4n) is 3.98. The number of esters is 1. The van der Waals surface area contributed by atoms with Gasteiger partial charge in [-0.05, 0) is 36.4 Å². The molecule has 3 aromatic rings. The maximum absolute atomic E-state index is 12.5. The Labute approximate surface area is 224 Å². The lowest BCUT2D eigenvalue weighted by atomic mass is 10.1. The van der Waals surface area contributed by atoms with E-state index < -0.39 is 4.92 Å². The standard InChI is InChI=1S/C28H24N6O5/c1-19-24-5-3-4-6-25(24)28(36)33(19)15-16-39-27(35)13-14-32(2)22-9-7-21(8-10-22)30-31-26-12-11-23(34(37)38)17-20(26)18-29/h3-12,17H,1,13-16H2,2H3. The van der Waals surface area contributed by atoms with Crippen LogP contribution in [0.4, 0.5) is 22.7 Å². The van der Waals surface area contributed by atoms with Crippen LogP contribution < -0.4 is 4.90 Å². The van der Waals surface area contributed by atoms with Crippen LogP contribution in [-0.4, -0.2) is 48.4 Å². The molecule has 1 heterocycles. The summed E-state index contributed by atoms with van der Waals surface area (Å²) in [6, 6.07) is 20.0. The first-order valence-corrected chi connectivity index (χ1v) is 12.0. The van der Waals surface area contributed by atoms with E-state index in [1.807, 2.05) is 42.3 Å². The highest BCUT2D eigenvalue weighted by molar-refractivity contribution is 6.08. The van der Waals surface area contributed by atoms with Crippen molar-refractivity contribution >= 4 is 40.3 Å². The molecule has 11 heteroatoms. The van der Waals surface area contributed by atoms with Crippen molar-refractivity contribution in [2.45, 2.75) is 6.42 Å². The van der Waals surface area contributed by atoms with Gasteiger partial charge in [0.25, 0.3) is 11.6 Å². The molecule has 0 bridgehead atoms. The minimum Gasteiger partial charge on any atom is -0.464 e. The summed E-state index contributed by atoms with van der Waals surface area (Å²) in [4.78, 5) is 38.5. The van der Waals surface area contributed by atoms with E-state index >= 15 is 0 Å². The smallest absolute Gasteiger partial charge is 0.307 e. The second-order valence-electron chi connectivity index (χ2n) is 8.63. The van der Waals surface area contributed by atoms with Gasteiger partial charge in [0, 0.05) is 48.2 Å². The molecule has 0 unspecified atom stereocenters. The van der Waals surface area contributed by atoms with Crippen LogP contribution in [0, 0.1) is 21.4 Å². The monoisotopic (exact) mass is 524 g/mol. The summed E-state index contributed by atoms with van der Waals surface area (Å²) >= 11 is 0. The van der Waals surface area contributed by atoms with Crippen LogP contribution in [0.1, 0.15) is 27.9 Å². The molecule has 0 saturated heterocycles. The fraction of sp³-hybridized carbons (Fsp3) is 0.179. The Balaban J connectivity index is 1.24. The van der Waals surface area contributed by atoms with Crippen molar-refractivity contribution in [1.82, 2.24) is 4.90 Å². The number of carbonyl (C=O) groups is 2. The van der Waals surface area contributed by atoms with E-state index in [2.05, 4.69) is 16.8 Å².